The van der Waals surface area contributed by atoms with E-state index >= 15 is 0 Å². The first-order valence-corrected chi connectivity index (χ1v) is 9.71. The van der Waals surface area contributed by atoms with E-state index in [1.807, 2.05) is 6.26 Å². The summed E-state index contributed by atoms with van der Waals surface area (Å²) in [5.41, 5.74) is 0.899. The second kappa shape index (κ2) is 6.39. The third-order valence-corrected chi connectivity index (χ3v) is 6.91. The molecule has 0 bridgehead atoms. The summed E-state index contributed by atoms with van der Waals surface area (Å²) in [7, 11) is -3.85. The van der Waals surface area contributed by atoms with Gasteiger partial charge in [-0.1, -0.05) is 11.6 Å². The minimum Gasteiger partial charge on any atom is -0.268 e. The molecule has 8 heteroatoms. The highest BCUT2D eigenvalue weighted by Gasteiger charge is 2.21. The lowest BCUT2D eigenvalue weighted by atomic mass is 10.1. The van der Waals surface area contributed by atoms with Gasteiger partial charge in [0, 0.05) is 10.6 Å². The number of aryl methyl sites for hydroxylation is 1. The molecule has 1 aromatic heterocycles. The number of carbonyl (C=O) groups is 1. The van der Waals surface area contributed by atoms with Gasteiger partial charge < -0.3 is 0 Å². The molecule has 1 amide bonds. The molecule has 0 radical (unpaired) electrons. The van der Waals surface area contributed by atoms with E-state index in [0.717, 1.165) is 15.5 Å². The Hall–Kier alpha value is -1.02. The summed E-state index contributed by atoms with van der Waals surface area (Å²) in [5.74, 6) is -0.664. The first kappa shape index (κ1) is 16.4. The van der Waals surface area contributed by atoms with Gasteiger partial charge in [0.25, 0.3) is 15.9 Å². The van der Waals surface area contributed by atoms with Gasteiger partial charge in [-0.15, -0.1) is 23.1 Å². The molecule has 0 atom stereocenters. The van der Waals surface area contributed by atoms with Crippen LogP contribution in [0.2, 0.25) is 5.02 Å². The normalized spacial score (nSPS) is 11.4. The number of hydrogen-bond donors (Lipinski definition) is 1. The Morgan fingerprint density at radius 3 is 2.57 bits per heavy atom. The van der Waals surface area contributed by atoms with E-state index in [1.54, 1.807) is 25.1 Å². The lowest BCUT2D eigenvalue weighted by molar-refractivity contribution is 0.0981. The van der Waals surface area contributed by atoms with E-state index in [1.165, 1.54) is 23.9 Å². The van der Waals surface area contributed by atoms with E-state index in [9.17, 15) is 13.2 Å². The van der Waals surface area contributed by atoms with Crippen LogP contribution in [0.25, 0.3) is 0 Å². The van der Waals surface area contributed by atoms with Crippen LogP contribution in [-0.4, -0.2) is 20.6 Å². The fraction of sp³-hybridized carbons (Fsp3) is 0.154. The lowest BCUT2D eigenvalue weighted by Gasteiger charge is -2.07. The van der Waals surface area contributed by atoms with Crippen molar-refractivity contribution in [2.45, 2.75) is 15.3 Å². The monoisotopic (exact) mass is 361 g/mol. The summed E-state index contributed by atoms with van der Waals surface area (Å²) in [6, 6.07) is 7.86. The number of thiophene rings is 1. The Balaban J connectivity index is 2.25. The van der Waals surface area contributed by atoms with Crippen LogP contribution >= 0.6 is 34.7 Å². The Morgan fingerprint density at radius 2 is 2.00 bits per heavy atom. The molecule has 0 fully saturated rings. The van der Waals surface area contributed by atoms with Crippen molar-refractivity contribution in [3.05, 3.63) is 46.5 Å². The Morgan fingerprint density at radius 1 is 1.29 bits per heavy atom. The molecule has 2 rings (SSSR count). The number of amides is 1. The van der Waals surface area contributed by atoms with Crippen LogP contribution < -0.4 is 4.72 Å². The molecule has 0 spiro atoms. The van der Waals surface area contributed by atoms with Crippen molar-refractivity contribution in [2.24, 2.45) is 0 Å². The topological polar surface area (TPSA) is 63.2 Å². The van der Waals surface area contributed by atoms with E-state index < -0.39 is 15.9 Å². The quantitative estimate of drug-likeness (QED) is 0.846. The number of rotatable bonds is 4. The number of nitrogens with one attached hydrogen (secondary N) is 1. The van der Waals surface area contributed by atoms with E-state index in [4.69, 9.17) is 11.6 Å². The summed E-state index contributed by atoms with van der Waals surface area (Å²) < 4.78 is 27.4. The molecule has 112 valence electrons. The molecule has 1 N–H and O–H groups in total. The highest BCUT2D eigenvalue weighted by molar-refractivity contribution is 8.01. The summed E-state index contributed by atoms with van der Waals surface area (Å²) in [5, 5.41) is 0.495. The van der Waals surface area contributed by atoms with Gasteiger partial charge in [-0.3, -0.25) is 4.79 Å². The number of halogens is 1. The molecule has 0 saturated carbocycles. The van der Waals surface area contributed by atoms with Gasteiger partial charge in [-0.2, -0.15) is 0 Å². The smallest absolute Gasteiger partial charge is 0.268 e. The molecule has 1 heterocycles. The molecule has 21 heavy (non-hydrogen) atoms. The first-order chi connectivity index (χ1) is 9.83. The van der Waals surface area contributed by atoms with Crippen LogP contribution in [-0.2, 0) is 10.0 Å². The summed E-state index contributed by atoms with van der Waals surface area (Å²) in [6.45, 7) is 1.70. The van der Waals surface area contributed by atoms with Crippen molar-refractivity contribution >= 4 is 50.6 Å². The van der Waals surface area contributed by atoms with Gasteiger partial charge in [0.15, 0.2) is 0 Å². The molecule has 0 saturated heterocycles. The number of hydrogen-bond acceptors (Lipinski definition) is 5. The first-order valence-electron chi connectivity index (χ1n) is 5.80. The minimum atomic E-state index is -3.85. The van der Waals surface area contributed by atoms with E-state index in [2.05, 4.69) is 4.72 Å². The molecule has 2 aromatic rings. The van der Waals surface area contributed by atoms with E-state index in [0.29, 0.717) is 10.6 Å². The fourth-order valence-corrected chi connectivity index (χ4v) is 4.86. The Kier molecular flexibility index (Phi) is 4.98. The average molecular weight is 362 g/mol. The predicted octanol–water partition coefficient (Wildman–Crippen LogP) is 3.55. The maximum atomic E-state index is 12.2. The zero-order valence-electron chi connectivity index (χ0n) is 11.2. The zero-order valence-corrected chi connectivity index (χ0v) is 14.4. The Labute approximate surface area is 136 Å². The zero-order chi connectivity index (χ0) is 15.6. The van der Waals surface area contributed by atoms with Gasteiger partial charge in [-0.05, 0) is 49.1 Å². The van der Waals surface area contributed by atoms with Crippen LogP contribution in [0, 0.1) is 6.92 Å². The molecule has 0 aliphatic carbocycles. The van der Waals surface area contributed by atoms with Gasteiger partial charge in [-0.25, -0.2) is 13.1 Å². The van der Waals surface area contributed by atoms with Crippen molar-refractivity contribution in [2.75, 3.05) is 6.26 Å². The molecule has 0 aliphatic heterocycles. The van der Waals surface area contributed by atoms with Gasteiger partial charge in [0.05, 0.1) is 4.21 Å². The predicted molar refractivity (Wildman–Crippen MR) is 86.9 cm³/mol. The van der Waals surface area contributed by atoms with Crippen molar-refractivity contribution < 1.29 is 13.2 Å². The maximum Gasteiger partial charge on any atom is 0.273 e. The van der Waals surface area contributed by atoms with Gasteiger partial charge >= 0.3 is 0 Å². The van der Waals surface area contributed by atoms with Crippen LogP contribution in [0.1, 0.15) is 15.9 Å². The SMILES string of the molecule is CSc1ccc(S(=O)(=O)NC(=O)c2ccc(Cl)cc2C)s1. The molecule has 0 aliphatic rings. The Bertz CT molecular complexity index is 784. The number of sulfonamides is 1. The largest absolute Gasteiger partial charge is 0.273 e. The molecular formula is C13H12ClNO3S3. The average Bonchev–Trinajstić information content (AvgIpc) is 2.87. The summed E-state index contributed by atoms with van der Waals surface area (Å²) >= 11 is 8.39. The second-order valence-electron chi connectivity index (χ2n) is 4.17. The van der Waals surface area contributed by atoms with Crippen molar-refractivity contribution in [3.8, 4) is 0 Å². The molecular weight excluding hydrogens is 350 g/mol. The van der Waals surface area contributed by atoms with Crippen molar-refractivity contribution in [3.63, 3.8) is 0 Å². The lowest BCUT2D eigenvalue weighted by Crippen LogP contribution is -2.30. The summed E-state index contributed by atoms with van der Waals surface area (Å²) in [4.78, 5) is 12.1. The number of benzene rings is 1. The fourth-order valence-electron chi connectivity index (χ4n) is 1.67. The highest BCUT2D eigenvalue weighted by atomic mass is 35.5. The van der Waals surface area contributed by atoms with Crippen molar-refractivity contribution in [1.29, 1.82) is 0 Å². The van der Waals surface area contributed by atoms with E-state index in [-0.39, 0.29) is 9.77 Å². The molecule has 1 aromatic carbocycles. The highest BCUT2D eigenvalue weighted by Crippen LogP contribution is 2.28. The molecule has 4 nitrogen and oxygen atoms in total. The molecule has 0 unspecified atom stereocenters. The minimum absolute atomic E-state index is 0.117. The van der Waals surface area contributed by atoms with Crippen LogP contribution in [0.15, 0.2) is 38.8 Å². The summed E-state index contributed by atoms with van der Waals surface area (Å²) in [6.07, 6.45) is 1.86. The second-order valence-corrected chi connectivity index (χ2v) is 8.71. The van der Waals surface area contributed by atoms with Crippen LogP contribution in [0.4, 0.5) is 0 Å². The van der Waals surface area contributed by atoms with Crippen LogP contribution in [0.3, 0.4) is 0 Å². The van der Waals surface area contributed by atoms with Crippen LogP contribution in [0.5, 0.6) is 0 Å². The number of thioether (sulfide) groups is 1. The third kappa shape index (κ3) is 3.79. The maximum absolute atomic E-state index is 12.2. The van der Waals surface area contributed by atoms with Gasteiger partial charge in [0.2, 0.25) is 0 Å². The third-order valence-electron chi connectivity index (χ3n) is 2.68. The standard InChI is InChI=1S/C13H12ClNO3S3/c1-8-7-9(14)3-4-10(8)13(16)15-21(17,18)12-6-5-11(19-2)20-12/h3-7H,1-2H3,(H,15,16). The van der Waals surface area contributed by atoms with Gasteiger partial charge in [0.1, 0.15) is 4.21 Å². The van der Waals surface area contributed by atoms with Crippen molar-refractivity contribution in [1.82, 2.24) is 4.72 Å². The number of carbonyl (C=O) groups excluding carboxylic acids is 1.